The van der Waals surface area contributed by atoms with Gasteiger partial charge < -0.3 is 5.73 Å². The standard InChI is InChI=1S/C16H23Cl2N/c1-2-11-5-3-4-6-14(11)16(19)9-12-7-8-13(17)10-15(12)18/h7-8,10-11,14,16H,2-6,9,19H2,1H3. The van der Waals surface area contributed by atoms with E-state index in [1.807, 2.05) is 18.2 Å². The Morgan fingerprint density at radius 2 is 2.00 bits per heavy atom. The zero-order chi connectivity index (χ0) is 13.8. The minimum Gasteiger partial charge on any atom is -0.327 e. The fourth-order valence-corrected chi connectivity index (χ4v) is 3.89. The minimum atomic E-state index is 0.212. The van der Waals surface area contributed by atoms with Gasteiger partial charge in [0.05, 0.1) is 0 Å². The molecule has 1 saturated carbocycles. The van der Waals surface area contributed by atoms with E-state index >= 15 is 0 Å². The SMILES string of the molecule is CCC1CCCCC1C(N)Cc1ccc(Cl)cc1Cl. The van der Waals surface area contributed by atoms with E-state index in [1.165, 1.54) is 32.1 Å². The van der Waals surface area contributed by atoms with Crippen molar-refractivity contribution in [3.8, 4) is 0 Å². The first-order valence-electron chi connectivity index (χ1n) is 7.31. The van der Waals surface area contributed by atoms with E-state index in [9.17, 15) is 0 Å². The smallest absolute Gasteiger partial charge is 0.0453 e. The molecule has 106 valence electrons. The highest BCUT2D eigenvalue weighted by Crippen LogP contribution is 2.35. The normalized spacial score (nSPS) is 25.3. The van der Waals surface area contributed by atoms with Gasteiger partial charge in [0.25, 0.3) is 0 Å². The average Bonchev–Trinajstić information content (AvgIpc) is 2.41. The summed E-state index contributed by atoms with van der Waals surface area (Å²) in [6.07, 6.45) is 7.39. The summed E-state index contributed by atoms with van der Waals surface area (Å²) in [5.74, 6) is 1.43. The highest BCUT2D eigenvalue weighted by molar-refractivity contribution is 6.35. The molecule has 0 radical (unpaired) electrons. The van der Waals surface area contributed by atoms with Gasteiger partial charge in [0, 0.05) is 16.1 Å². The molecule has 19 heavy (non-hydrogen) atoms. The van der Waals surface area contributed by atoms with E-state index in [1.54, 1.807) is 0 Å². The first-order valence-corrected chi connectivity index (χ1v) is 8.07. The van der Waals surface area contributed by atoms with Gasteiger partial charge in [-0.05, 0) is 42.4 Å². The molecule has 0 aliphatic heterocycles. The summed E-state index contributed by atoms with van der Waals surface area (Å²) in [7, 11) is 0. The van der Waals surface area contributed by atoms with Crippen LogP contribution in [0, 0.1) is 11.8 Å². The van der Waals surface area contributed by atoms with Crippen molar-refractivity contribution in [2.45, 2.75) is 51.5 Å². The first kappa shape index (κ1) is 15.2. The third kappa shape index (κ3) is 3.87. The number of hydrogen-bond acceptors (Lipinski definition) is 1. The van der Waals surface area contributed by atoms with E-state index in [4.69, 9.17) is 28.9 Å². The van der Waals surface area contributed by atoms with Gasteiger partial charge in [-0.1, -0.05) is 61.9 Å². The summed E-state index contributed by atoms with van der Waals surface area (Å²) in [6.45, 7) is 2.28. The van der Waals surface area contributed by atoms with Crippen molar-refractivity contribution in [1.82, 2.24) is 0 Å². The summed E-state index contributed by atoms with van der Waals surface area (Å²) in [5.41, 5.74) is 7.59. The average molecular weight is 300 g/mol. The zero-order valence-electron chi connectivity index (χ0n) is 11.5. The van der Waals surface area contributed by atoms with Crippen LogP contribution in [0.15, 0.2) is 18.2 Å². The fourth-order valence-electron chi connectivity index (χ4n) is 3.40. The maximum Gasteiger partial charge on any atom is 0.0453 e. The lowest BCUT2D eigenvalue weighted by molar-refractivity contribution is 0.195. The lowest BCUT2D eigenvalue weighted by atomic mass is 9.73. The molecule has 0 aromatic heterocycles. The van der Waals surface area contributed by atoms with Gasteiger partial charge in [-0.15, -0.1) is 0 Å². The van der Waals surface area contributed by atoms with Crippen molar-refractivity contribution in [2.75, 3.05) is 0 Å². The molecule has 0 heterocycles. The molecule has 1 nitrogen and oxygen atoms in total. The number of rotatable bonds is 4. The van der Waals surface area contributed by atoms with Crippen LogP contribution in [0.2, 0.25) is 10.0 Å². The largest absolute Gasteiger partial charge is 0.327 e. The molecule has 3 unspecified atom stereocenters. The Bertz CT molecular complexity index is 419. The van der Waals surface area contributed by atoms with Gasteiger partial charge in [0.15, 0.2) is 0 Å². The van der Waals surface area contributed by atoms with Gasteiger partial charge >= 0.3 is 0 Å². The molecule has 3 atom stereocenters. The van der Waals surface area contributed by atoms with Crippen LogP contribution in [0.1, 0.15) is 44.6 Å². The van der Waals surface area contributed by atoms with Crippen LogP contribution in [-0.2, 0) is 6.42 Å². The molecule has 0 spiro atoms. The van der Waals surface area contributed by atoms with Crippen LogP contribution in [0.5, 0.6) is 0 Å². The number of halogens is 2. The van der Waals surface area contributed by atoms with Crippen molar-refractivity contribution in [3.63, 3.8) is 0 Å². The first-order chi connectivity index (χ1) is 9.11. The highest BCUT2D eigenvalue weighted by Gasteiger charge is 2.28. The fraction of sp³-hybridized carbons (Fsp3) is 0.625. The summed E-state index contributed by atoms with van der Waals surface area (Å²) < 4.78 is 0. The Morgan fingerprint density at radius 1 is 1.26 bits per heavy atom. The van der Waals surface area contributed by atoms with E-state index in [0.29, 0.717) is 10.9 Å². The van der Waals surface area contributed by atoms with Crippen molar-refractivity contribution < 1.29 is 0 Å². The Morgan fingerprint density at radius 3 is 2.68 bits per heavy atom. The number of nitrogens with two attached hydrogens (primary N) is 1. The molecule has 1 aliphatic carbocycles. The Balaban J connectivity index is 2.04. The molecule has 2 rings (SSSR count). The lowest BCUT2D eigenvalue weighted by Gasteiger charge is -2.35. The van der Waals surface area contributed by atoms with Crippen LogP contribution in [-0.4, -0.2) is 6.04 Å². The Labute approximate surface area is 126 Å². The van der Waals surface area contributed by atoms with Crippen molar-refractivity contribution in [3.05, 3.63) is 33.8 Å². The van der Waals surface area contributed by atoms with Gasteiger partial charge in [-0.3, -0.25) is 0 Å². The van der Waals surface area contributed by atoms with Gasteiger partial charge in [0.2, 0.25) is 0 Å². The van der Waals surface area contributed by atoms with Crippen LogP contribution in [0.3, 0.4) is 0 Å². The van der Waals surface area contributed by atoms with E-state index in [-0.39, 0.29) is 6.04 Å². The molecule has 1 aromatic rings. The second-order valence-electron chi connectivity index (χ2n) is 5.72. The third-order valence-corrected chi connectivity index (χ3v) is 5.10. The second kappa shape index (κ2) is 6.97. The minimum absolute atomic E-state index is 0.212. The van der Waals surface area contributed by atoms with Gasteiger partial charge in [0.1, 0.15) is 0 Å². The number of hydrogen-bond donors (Lipinski definition) is 1. The quantitative estimate of drug-likeness (QED) is 0.824. The maximum atomic E-state index is 6.46. The summed E-state index contributed by atoms with van der Waals surface area (Å²) in [6, 6.07) is 5.93. The van der Waals surface area contributed by atoms with Gasteiger partial charge in [-0.2, -0.15) is 0 Å². The predicted molar refractivity (Wildman–Crippen MR) is 83.9 cm³/mol. The van der Waals surface area contributed by atoms with Crippen LogP contribution < -0.4 is 5.73 Å². The molecule has 0 amide bonds. The lowest BCUT2D eigenvalue weighted by Crippen LogP contribution is -2.38. The maximum absolute atomic E-state index is 6.46. The molecule has 3 heteroatoms. The van der Waals surface area contributed by atoms with Crippen molar-refractivity contribution >= 4 is 23.2 Å². The Hall–Kier alpha value is -0.240. The van der Waals surface area contributed by atoms with Crippen molar-refractivity contribution in [1.29, 1.82) is 0 Å². The molecular formula is C16H23Cl2N. The molecule has 0 bridgehead atoms. The molecule has 1 aromatic carbocycles. The third-order valence-electron chi connectivity index (χ3n) is 4.51. The summed E-state index contributed by atoms with van der Waals surface area (Å²) >= 11 is 12.2. The summed E-state index contributed by atoms with van der Waals surface area (Å²) in [4.78, 5) is 0. The monoisotopic (exact) mass is 299 g/mol. The Kier molecular flexibility index (Phi) is 5.56. The molecule has 2 N–H and O–H groups in total. The van der Waals surface area contributed by atoms with Gasteiger partial charge in [-0.25, -0.2) is 0 Å². The molecule has 0 saturated heterocycles. The van der Waals surface area contributed by atoms with Crippen LogP contribution in [0.4, 0.5) is 0 Å². The van der Waals surface area contributed by atoms with E-state index in [2.05, 4.69) is 6.92 Å². The summed E-state index contributed by atoms with van der Waals surface area (Å²) in [5, 5.41) is 1.43. The zero-order valence-corrected chi connectivity index (χ0v) is 13.1. The van der Waals surface area contributed by atoms with E-state index in [0.717, 1.165) is 22.9 Å². The van der Waals surface area contributed by atoms with Crippen molar-refractivity contribution in [2.24, 2.45) is 17.6 Å². The van der Waals surface area contributed by atoms with Crippen LogP contribution >= 0.6 is 23.2 Å². The second-order valence-corrected chi connectivity index (χ2v) is 6.56. The molecule has 1 fully saturated rings. The predicted octanol–water partition coefficient (Wildman–Crippen LogP) is 5.08. The van der Waals surface area contributed by atoms with Crippen LogP contribution in [0.25, 0.3) is 0 Å². The molecular weight excluding hydrogens is 277 g/mol. The topological polar surface area (TPSA) is 26.0 Å². The molecule has 1 aliphatic rings. The van der Waals surface area contributed by atoms with E-state index < -0.39 is 0 Å². The highest BCUT2D eigenvalue weighted by atomic mass is 35.5. The number of benzene rings is 1.